The van der Waals surface area contributed by atoms with Crippen LogP contribution in [0.15, 0.2) is 36.9 Å². The molecule has 4 N–H and O–H groups in total. The van der Waals surface area contributed by atoms with Gasteiger partial charge in [0.15, 0.2) is 0 Å². The molecule has 1 aromatic heterocycles. The number of hydrogen-bond acceptors (Lipinski definition) is 8. The summed E-state index contributed by atoms with van der Waals surface area (Å²) in [5, 5.41) is 10.8. The Kier molecular flexibility index (Phi) is 5.75. The van der Waals surface area contributed by atoms with Crippen LogP contribution in [0.3, 0.4) is 0 Å². The molecule has 0 atom stereocenters. The van der Waals surface area contributed by atoms with Gasteiger partial charge in [0, 0.05) is 80.9 Å². The molecule has 27 heavy (non-hydrogen) atoms. The van der Waals surface area contributed by atoms with E-state index in [1.807, 2.05) is 19.2 Å². The third-order valence-electron chi connectivity index (χ3n) is 4.61. The summed E-state index contributed by atoms with van der Waals surface area (Å²) in [7, 11) is 3.43. The second-order valence-corrected chi connectivity index (χ2v) is 6.18. The standard InChI is InChI=1S/C19H25N7O/c1-22-12-14(11-20)15-9-16(21)18(27-2)10-17(15)25-5-7-26(8-6-25)19-13-23-3-4-24-19/h3-4,9-13,20,22H,5-8,21H2,1-2H3/b14-12+,20-11?. The van der Waals surface area contributed by atoms with Crippen LogP contribution in [0.1, 0.15) is 5.56 Å². The van der Waals surface area contributed by atoms with Crippen LogP contribution in [-0.4, -0.2) is 56.5 Å². The molecule has 1 fully saturated rings. The maximum Gasteiger partial charge on any atom is 0.147 e. The Labute approximate surface area is 159 Å². The first-order valence-corrected chi connectivity index (χ1v) is 8.79. The van der Waals surface area contributed by atoms with Gasteiger partial charge in [-0.2, -0.15) is 0 Å². The van der Waals surface area contributed by atoms with Crippen LogP contribution in [0.25, 0.3) is 5.57 Å². The fourth-order valence-electron chi connectivity index (χ4n) is 3.24. The monoisotopic (exact) mass is 367 g/mol. The molecule has 0 bridgehead atoms. The van der Waals surface area contributed by atoms with Crippen LogP contribution in [0, 0.1) is 5.41 Å². The van der Waals surface area contributed by atoms with Crippen molar-refractivity contribution >= 4 is 29.0 Å². The molecule has 0 saturated carbocycles. The molecule has 0 amide bonds. The van der Waals surface area contributed by atoms with E-state index < -0.39 is 0 Å². The highest BCUT2D eigenvalue weighted by atomic mass is 16.5. The fraction of sp³-hybridized carbons (Fsp3) is 0.316. The summed E-state index contributed by atoms with van der Waals surface area (Å²) in [6.45, 7) is 3.31. The van der Waals surface area contributed by atoms with Crippen LogP contribution in [0.5, 0.6) is 5.75 Å². The van der Waals surface area contributed by atoms with Crippen molar-refractivity contribution < 1.29 is 4.74 Å². The molecule has 1 aromatic carbocycles. The number of nitrogens with one attached hydrogen (secondary N) is 2. The van der Waals surface area contributed by atoms with Gasteiger partial charge in [0.2, 0.25) is 0 Å². The molecular formula is C19H25N7O. The first-order chi connectivity index (χ1) is 13.2. The lowest BCUT2D eigenvalue weighted by atomic mass is 10.0. The maximum absolute atomic E-state index is 7.78. The number of hydrogen-bond donors (Lipinski definition) is 3. The third kappa shape index (κ3) is 3.94. The van der Waals surface area contributed by atoms with E-state index >= 15 is 0 Å². The van der Waals surface area contributed by atoms with E-state index in [-0.39, 0.29) is 0 Å². The molecule has 0 radical (unpaired) electrons. The van der Waals surface area contributed by atoms with Crippen LogP contribution >= 0.6 is 0 Å². The van der Waals surface area contributed by atoms with Gasteiger partial charge >= 0.3 is 0 Å². The number of anilines is 3. The minimum Gasteiger partial charge on any atom is -0.495 e. The van der Waals surface area contributed by atoms with Crippen LogP contribution in [-0.2, 0) is 0 Å². The van der Waals surface area contributed by atoms with Crippen molar-refractivity contribution in [2.24, 2.45) is 0 Å². The topological polar surface area (TPSA) is 103 Å². The van der Waals surface area contributed by atoms with E-state index in [1.165, 1.54) is 6.21 Å². The number of benzene rings is 1. The summed E-state index contributed by atoms with van der Waals surface area (Å²) < 4.78 is 5.42. The third-order valence-corrected chi connectivity index (χ3v) is 4.61. The molecular weight excluding hydrogens is 342 g/mol. The van der Waals surface area contributed by atoms with Crippen molar-refractivity contribution in [2.45, 2.75) is 0 Å². The maximum atomic E-state index is 7.78. The molecule has 1 aliphatic rings. The first kappa shape index (κ1) is 18.5. The van der Waals surface area contributed by atoms with Gasteiger partial charge in [-0.1, -0.05) is 0 Å². The molecule has 1 aliphatic heterocycles. The minimum atomic E-state index is 0.554. The zero-order chi connectivity index (χ0) is 19.2. The first-order valence-electron chi connectivity index (χ1n) is 8.79. The van der Waals surface area contributed by atoms with Crippen molar-refractivity contribution in [3.8, 4) is 5.75 Å². The van der Waals surface area contributed by atoms with Crippen molar-refractivity contribution in [3.05, 3.63) is 42.5 Å². The zero-order valence-electron chi connectivity index (χ0n) is 15.6. The molecule has 0 aliphatic carbocycles. The van der Waals surface area contributed by atoms with Gasteiger partial charge in [-0.05, 0) is 6.07 Å². The predicted octanol–water partition coefficient (Wildman–Crippen LogP) is 1.60. The predicted molar refractivity (Wildman–Crippen MR) is 110 cm³/mol. The number of piperazine rings is 1. The lowest BCUT2D eigenvalue weighted by Crippen LogP contribution is -2.47. The summed E-state index contributed by atoms with van der Waals surface area (Å²) >= 11 is 0. The Morgan fingerprint density at radius 3 is 2.56 bits per heavy atom. The summed E-state index contributed by atoms with van der Waals surface area (Å²) in [6.07, 6.45) is 8.31. The van der Waals surface area contributed by atoms with Gasteiger partial charge < -0.3 is 31.0 Å². The van der Waals surface area contributed by atoms with E-state index in [9.17, 15) is 0 Å². The Hall–Kier alpha value is -3.29. The van der Waals surface area contributed by atoms with E-state index in [0.29, 0.717) is 11.4 Å². The molecule has 0 spiro atoms. The normalized spacial score (nSPS) is 14.8. The number of nitrogen functional groups attached to an aromatic ring is 1. The zero-order valence-corrected chi connectivity index (χ0v) is 15.6. The van der Waals surface area contributed by atoms with Crippen molar-refractivity contribution in [1.82, 2.24) is 15.3 Å². The highest BCUT2D eigenvalue weighted by molar-refractivity contribution is 6.11. The van der Waals surface area contributed by atoms with Gasteiger partial charge in [0.1, 0.15) is 11.6 Å². The summed E-state index contributed by atoms with van der Waals surface area (Å²) in [6, 6.07) is 3.83. The van der Waals surface area contributed by atoms with Gasteiger partial charge in [0.25, 0.3) is 0 Å². The SMILES string of the molecule is CN/C=C(\C=N)c1cc(N)c(OC)cc1N1CCN(c2cnccn2)CC1. The van der Waals surface area contributed by atoms with Crippen LogP contribution in [0.2, 0.25) is 0 Å². The molecule has 0 unspecified atom stereocenters. The van der Waals surface area contributed by atoms with Gasteiger partial charge in [0.05, 0.1) is 19.0 Å². The Bertz CT molecular complexity index is 814. The number of methoxy groups -OCH3 is 1. The Balaban J connectivity index is 1.89. The van der Waals surface area contributed by atoms with Crippen LogP contribution < -0.4 is 25.6 Å². The summed E-state index contributed by atoms with van der Waals surface area (Å²) in [5.41, 5.74) is 9.36. The molecule has 8 nitrogen and oxygen atoms in total. The highest BCUT2D eigenvalue weighted by Gasteiger charge is 2.22. The average molecular weight is 367 g/mol. The number of ether oxygens (including phenoxy) is 1. The molecule has 142 valence electrons. The quantitative estimate of drug-likeness (QED) is 0.526. The lowest BCUT2D eigenvalue weighted by molar-refractivity contribution is 0.417. The van der Waals surface area contributed by atoms with Gasteiger partial charge in [-0.15, -0.1) is 0 Å². The van der Waals surface area contributed by atoms with Crippen molar-refractivity contribution in [2.75, 3.05) is 55.9 Å². The van der Waals surface area contributed by atoms with Crippen molar-refractivity contribution in [1.29, 1.82) is 5.41 Å². The van der Waals surface area contributed by atoms with E-state index in [2.05, 4.69) is 25.1 Å². The second-order valence-electron chi connectivity index (χ2n) is 6.18. The number of rotatable bonds is 6. The highest BCUT2D eigenvalue weighted by Crippen LogP contribution is 2.35. The molecule has 2 aromatic rings. The number of allylic oxidation sites excluding steroid dienone is 1. The lowest BCUT2D eigenvalue weighted by Gasteiger charge is -2.37. The molecule has 8 heteroatoms. The number of aromatic nitrogens is 2. The van der Waals surface area contributed by atoms with Gasteiger partial charge in [-0.25, -0.2) is 4.98 Å². The molecule has 3 rings (SSSR count). The fourth-order valence-corrected chi connectivity index (χ4v) is 3.24. The van der Waals surface area contributed by atoms with E-state index in [4.69, 9.17) is 15.9 Å². The summed E-state index contributed by atoms with van der Waals surface area (Å²) in [4.78, 5) is 13.0. The average Bonchev–Trinajstić information content (AvgIpc) is 2.72. The number of nitrogens with two attached hydrogens (primary N) is 1. The Morgan fingerprint density at radius 2 is 1.96 bits per heavy atom. The summed E-state index contributed by atoms with van der Waals surface area (Å²) in [5.74, 6) is 1.53. The largest absolute Gasteiger partial charge is 0.495 e. The van der Waals surface area contributed by atoms with E-state index in [1.54, 1.807) is 31.9 Å². The number of nitrogens with zero attached hydrogens (tertiary/aromatic N) is 4. The van der Waals surface area contributed by atoms with Gasteiger partial charge in [-0.3, -0.25) is 4.98 Å². The minimum absolute atomic E-state index is 0.554. The molecule has 1 saturated heterocycles. The van der Waals surface area contributed by atoms with Crippen molar-refractivity contribution in [3.63, 3.8) is 0 Å². The second kappa shape index (κ2) is 8.39. The molecule has 2 heterocycles. The smallest absolute Gasteiger partial charge is 0.147 e. The van der Waals surface area contributed by atoms with E-state index in [0.717, 1.165) is 48.8 Å². The van der Waals surface area contributed by atoms with Crippen LogP contribution in [0.4, 0.5) is 17.2 Å². The Morgan fingerprint density at radius 1 is 1.22 bits per heavy atom.